The molecule has 1 aromatic heterocycles. The highest BCUT2D eigenvalue weighted by atomic mass is 16.7. The molecule has 1 heterocycles. The van der Waals surface area contributed by atoms with E-state index < -0.39 is 0 Å². The molecule has 28 heavy (non-hydrogen) atoms. The van der Waals surface area contributed by atoms with Gasteiger partial charge in [-0.25, -0.2) is 0 Å². The van der Waals surface area contributed by atoms with Gasteiger partial charge in [-0.1, -0.05) is 52.0 Å². The summed E-state index contributed by atoms with van der Waals surface area (Å²) >= 11 is 0. The monoisotopic (exact) mass is 381 g/mol. The number of carbonyl (C=O) groups is 1. The minimum absolute atomic E-state index is 0.0158. The molecule has 2 rings (SSSR count). The van der Waals surface area contributed by atoms with Crippen LogP contribution >= 0.6 is 0 Å². The SMILES string of the molecule is CCC(=O)OCO/C(=C(/C#N)c1ccc(C(C)(C)C)cc1)c1cc(C)nn1C. The van der Waals surface area contributed by atoms with Crippen molar-refractivity contribution in [2.45, 2.75) is 46.5 Å². The molecule has 148 valence electrons. The Hall–Kier alpha value is -3.07. The third-order valence-electron chi connectivity index (χ3n) is 4.32. The van der Waals surface area contributed by atoms with Crippen LogP contribution in [0.15, 0.2) is 30.3 Å². The molecule has 0 fully saturated rings. The number of nitriles is 1. The molecule has 0 saturated heterocycles. The summed E-state index contributed by atoms with van der Waals surface area (Å²) in [6, 6.07) is 11.9. The lowest BCUT2D eigenvalue weighted by Crippen LogP contribution is -2.11. The van der Waals surface area contributed by atoms with Crippen molar-refractivity contribution in [3.63, 3.8) is 0 Å². The Morgan fingerprint density at radius 3 is 2.32 bits per heavy atom. The Kier molecular flexibility index (Phi) is 6.63. The third kappa shape index (κ3) is 5.01. The van der Waals surface area contributed by atoms with Gasteiger partial charge in [0.25, 0.3) is 0 Å². The summed E-state index contributed by atoms with van der Waals surface area (Å²) in [5.74, 6) is -0.0356. The summed E-state index contributed by atoms with van der Waals surface area (Å²) in [6.45, 7) is 9.72. The lowest BCUT2D eigenvalue weighted by molar-refractivity contribution is -0.151. The summed E-state index contributed by atoms with van der Waals surface area (Å²) in [5, 5.41) is 14.2. The fraction of sp³-hybridized carbons (Fsp3) is 0.409. The van der Waals surface area contributed by atoms with E-state index in [-0.39, 0.29) is 24.6 Å². The van der Waals surface area contributed by atoms with E-state index in [4.69, 9.17) is 9.47 Å². The topological polar surface area (TPSA) is 77.1 Å². The maximum atomic E-state index is 11.4. The number of aromatic nitrogens is 2. The van der Waals surface area contributed by atoms with Crippen LogP contribution in [0.4, 0.5) is 0 Å². The molecule has 0 radical (unpaired) electrons. The summed E-state index contributed by atoms with van der Waals surface area (Å²) in [5.41, 5.74) is 3.71. The Morgan fingerprint density at radius 1 is 1.21 bits per heavy atom. The Labute approximate surface area is 166 Å². The smallest absolute Gasteiger partial charge is 0.308 e. The predicted molar refractivity (Wildman–Crippen MR) is 108 cm³/mol. The highest BCUT2D eigenvalue weighted by molar-refractivity contribution is 5.94. The van der Waals surface area contributed by atoms with Gasteiger partial charge in [0.2, 0.25) is 6.79 Å². The number of esters is 1. The van der Waals surface area contributed by atoms with E-state index in [1.165, 1.54) is 5.56 Å². The second-order valence-electron chi connectivity index (χ2n) is 7.57. The van der Waals surface area contributed by atoms with Crippen molar-refractivity contribution < 1.29 is 14.3 Å². The molecular formula is C22H27N3O3. The summed E-state index contributed by atoms with van der Waals surface area (Å²) < 4.78 is 12.4. The van der Waals surface area contributed by atoms with Crippen molar-refractivity contribution >= 4 is 17.3 Å². The molecule has 0 aliphatic carbocycles. The lowest BCUT2D eigenvalue weighted by Gasteiger charge is -2.19. The van der Waals surface area contributed by atoms with Gasteiger partial charge in [0, 0.05) is 13.5 Å². The molecule has 1 aromatic carbocycles. The van der Waals surface area contributed by atoms with Crippen LogP contribution in [-0.4, -0.2) is 22.5 Å². The second kappa shape index (κ2) is 8.75. The van der Waals surface area contributed by atoms with E-state index in [1.54, 1.807) is 18.7 Å². The van der Waals surface area contributed by atoms with Crippen LogP contribution in [0.5, 0.6) is 0 Å². The first-order chi connectivity index (χ1) is 13.2. The van der Waals surface area contributed by atoms with E-state index in [9.17, 15) is 10.1 Å². The van der Waals surface area contributed by atoms with Crippen LogP contribution in [0.3, 0.4) is 0 Å². The standard InChI is InChI=1S/C22H27N3O3/c1-7-20(26)27-14-28-21(19-12-15(2)24-25(19)6)18(13-23)16-8-10-17(11-9-16)22(3,4)5/h8-12H,7,14H2,1-6H3/b21-18-. The first kappa shape index (κ1) is 21.2. The number of rotatable bonds is 6. The van der Waals surface area contributed by atoms with Gasteiger partial charge in [0.15, 0.2) is 5.76 Å². The molecule has 0 aliphatic rings. The Balaban J connectivity index is 2.50. The molecule has 0 saturated carbocycles. The Morgan fingerprint density at radius 2 is 1.86 bits per heavy atom. The van der Waals surface area contributed by atoms with Crippen LogP contribution < -0.4 is 0 Å². The van der Waals surface area contributed by atoms with E-state index >= 15 is 0 Å². The summed E-state index contributed by atoms with van der Waals surface area (Å²) in [4.78, 5) is 11.4. The average molecular weight is 381 g/mol. The average Bonchev–Trinajstić information content (AvgIpc) is 2.98. The van der Waals surface area contributed by atoms with Gasteiger partial charge in [-0.05, 0) is 29.5 Å². The van der Waals surface area contributed by atoms with Gasteiger partial charge in [-0.15, -0.1) is 0 Å². The molecule has 0 amide bonds. The molecule has 6 nitrogen and oxygen atoms in total. The molecule has 0 spiro atoms. The number of carbonyl (C=O) groups excluding carboxylic acids is 1. The number of allylic oxidation sites excluding steroid dienone is 1. The van der Waals surface area contributed by atoms with Gasteiger partial charge >= 0.3 is 5.97 Å². The zero-order valence-corrected chi connectivity index (χ0v) is 17.4. The molecule has 0 unspecified atom stereocenters. The van der Waals surface area contributed by atoms with Crippen LogP contribution in [0.25, 0.3) is 11.3 Å². The lowest BCUT2D eigenvalue weighted by atomic mass is 9.86. The zero-order chi connectivity index (χ0) is 20.9. The predicted octanol–water partition coefficient (Wildman–Crippen LogP) is 4.35. The van der Waals surface area contributed by atoms with Crippen LogP contribution in [0.2, 0.25) is 0 Å². The fourth-order valence-corrected chi connectivity index (χ4v) is 2.74. The molecule has 0 bridgehead atoms. The zero-order valence-electron chi connectivity index (χ0n) is 17.4. The fourth-order valence-electron chi connectivity index (χ4n) is 2.74. The van der Waals surface area contributed by atoms with Crippen molar-refractivity contribution in [1.29, 1.82) is 5.26 Å². The van der Waals surface area contributed by atoms with E-state index in [0.717, 1.165) is 11.3 Å². The quantitative estimate of drug-likeness (QED) is 0.322. The van der Waals surface area contributed by atoms with E-state index in [2.05, 4.69) is 31.9 Å². The number of hydrogen-bond donors (Lipinski definition) is 0. The maximum Gasteiger partial charge on any atom is 0.308 e. The summed E-state index contributed by atoms with van der Waals surface area (Å²) in [7, 11) is 1.78. The van der Waals surface area contributed by atoms with Crippen molar-refractivity contribution in [3.8, 4) is 6.07 Å². The van der Waals surface area contributed by atoms with Crippen molar-refractivity contribution in [3.05, 3.63) is 52.8 Å². The number of nitrogens with zero attached hydrogens (tertiary/aromatic N) is 3. The highest BCUT2D eigenvalue weighted by Crippen LogP contribution is 2.29. The maximum absolute atomic E-state index is 11.4. The molecular weight excluding hydrogens is 354 g/mol. The highest BCUT2D eigenvalue weighted by Gasteiger charge is 2.19. The van der Waals surface area contributed by atoms with Crippen molar-refractivity contribution in [1.82, 2.24) is 9.78 Å². The van der Waals surface area contributed by atoms with Crippen molar-refractivity contribution in [2.75, 3.05) is 6.79 Å². The molecule has 0 N–H and O–H groups in total. The number of ether oxygens (including phenoxy) is 2. The third-order valence-corrected chi connectivity index (χ3v) is 4.32. The summed E-state index contributed by atoms with van der Waals surface area (Å²) in [6.07, 6.45) is 0.257. The normalized spacial score (nSPS) is 12.2. The van der Waals surface area contributed by atoms with Crippen LogP contribution in [0.1, 0.15) is 56.6 Å². The van der Waals surface area contributed by atoms with E-state index in [1.807, 2.05) is 37.3 Å². The first-order valence-corrected chi connectivity index (χ1v) is 9.22. The number of aryl methyl sites for hydroxylation is 2. The number of benzene rings is 1. The van der Waals surface area contributed by atoms with Gasteiger partial charge in [0.05, 0.1) is 5.69 Å². The largest absolute Gasteiger partial charge is 0.454 e. The second-order valence-corrected chi connectivity index (χ2v) is 7.57. The van der Waals surface area contributed by atoms with Crippen molar-refractivity contribution in [2.24, 2.45) is 7.05 Å². The van der Waals surface area contributed by atoms with Gasteiger partial charge in [-0.3, -0.25) is 9.48 Å². The van der Waals surface area contributed by atoms with Gasteiger partial charge < -0.3 is 9.47 Å². The van der Waals surface area contributed by atoms with Crippen LogP contribution in [-0.2, 0) is 26.7 Å². The number of hydrogen-bond acceptors (Lipinski definition) is 5. The minimum Gasteiger partial charge on any atom is -0.454 e. The van der Waals surface area contributed by atoms with Crippen LogP contribution in [0, 0.1) is 18.3 Å². The van der Waals surface area contributed by atoms with E-state index in [0.29, 0.717) is 17.0 Å². The van der Waals surface area contributed by atoms with Gasteiger partial charge in [-0.2, -0.15) is 10.4 Å². The minimum atomic E-state index is -0.367. The molecule has 6 heteroatoms. The molecule has 0 atom stereocenters. The molecule has 2 aromatic rings. The first-order valence-electron chi connectivity index (χ1n) is 9.22. The molecule has 0 aliphatic heterocycles. The van der Waals surface area contributed by atoms with Gasteiger partial charge in [0.1, 0.15) is 17.3 Å². The Bertz CT molecular complexity index is 910.